The van der Waals surface area contributed by atoms with Crippen LogP contribution in [0, 0.1) is 11.8 Å². The molecule has 0 aromatic carbocycles. The molecule has 0 spiro atoms. The summed E-state index contributed by atoms with van der Waals surface area (Å²) in [5, 5.41) is 0. The van der Waals surface area contributed by atoms with Crippen LogP contribution in [0.4, 0.5) is 0 Å². The highest BCUT2D eigenvalue weighted by molar-refractivity contribution is 9.11. The summed E-state index contributed by atoms with van der Waals surface area (Å²) in [4.78, 5) is 1.10. The molecule has 11 heavy (non-hydrogen) atoms. The number of rotatable bonds is 1. The first-order valence-electron chi connectivity index (χ1n) is 3.86. The molecule has 2 rings (SSSR count). The van der Waals surface area contributed by atoms with Gasteiger partial charge in [0.25, 0.3) is 0 Å². The van der Waals surface area contributed by atoms with E-state index in [2.05, 4.69) is 34.2 Å². The number of thiocarbonyl (C=S) groups is 1. The number of allylic oxidation sites excluding steroid dienone is 4. The first-order chi connectivity index (χ1) is 5.27. The summed E-state index contributed by atoms with van der Waals surface area (Å²) < 4.78 is 1.11. The van der Waals surface area contributed by atoms with Crippen LogP contribution in [0.1, 0.15) is 12.8 Å². The molecule has 1 atom stereocenters. The second-order valence-electron chi connectivity index (χ2n) is 3.15. The summed E-state index contributed by atoms with van der Waals surface area (Å²) in [7, 11) is 0. The number of halogens is 1. The SMILES string of the molecule is S=C1C=C(Br)C=CC1C1CC1. The Morgan fingerprint density at radius 1 is 1.45 bits per heavy atom. The molecule has 0 aromatic heterocycles. The van der Waals surface area contributed by atoms with Crippen LogP contribution < -0.4 is 0 Å². The molecule has 0 nitrogen and oxygen atoms in total. The topological polar surface area (TPSA) is 0 Å². The van der Waals surface area contributed by atoms with Crippen molar-refractivity contribution < 1.29 is 0 Å². The molecule has 0 saturated heterocycles. The Kier molecular flexibility index (Phi) is 1.98. The van der Waals surface area contributed by atoms with Crippen molar-refractivity contribution in [2.75, 3.05) is 0 Å². The molecular formula is C9H9BrS. The van der Waals surface area contributed by atoms with Gasteiger partial charge in [0.2, 0.25) is 0 Å². The lowest BCUT2D eigenvalue weighted by atomic mass is 9.96. The summed E-state index contributed by atoms with van der Waals surface area (Å²) in [6.07, 6.45) is 9.11. The van der Waals surface area contributed by atoms with Crippen molar-refractivity contribution >= 4 is 33.0 Å². The lowest BCUT2D eigenvalue weighted by Crippen LogP contribution is -2.12. The molecule has 1 unspecified atom stereocenters. The van der Waals surface area contributed by atoms with E-state index in [4.69, 9.17) is 12.2 Å². The van der Waals surface area contributed by atoms with Gasteiger partial charge in [-0.1, -0.05) is 40.3 Å². The van der Waals surface area contributed by atoms with Gasteiger partial charge in [0.05, 0.1) is 0 Å². The largest absolute Gasteiger partial charge is 0.0842 e. The van der Waals surface area contributed by atoms with E-state index in [1.54, 1.807) is 0 Å². The van der Waals surface area contributed by atoms with Crippen LogP contribution in [0.2, 0.25) is 0 Å². The first-order valence-corrected chi connectivity index (χ1v) is 5.07. The van der Waals surface area contributed by atoms with Gasteiger partial charge in [0.1, 0.15) is 0 Å². The summed E-state index contributed by atoms with van der Waals surface area (Å²) in [6, 6.07) is 0. The van der Waals surface area contributed by atoms with Gasteiger partial charge in [-0.2, -0.15) is 0 Å². The van der Waals surface area contributed by atoms with E-state index in [1.807, 2.05) is 0 Å². The van der Waals surface area contributed by atoms with Crippen LogP contribution in [0.25, 0.3) is 0 Å². The maximum Gasteiger partial charge on any atom is 0.0234 e. The third-order valence-corrected chi connectivity index (χ3v) is 3.08. The second-order valence-corrected chi connectivity index (χ2v) is 4.54. The van der Waals surface area contributed by atoms with Crippen LogP contribution >= 0.6 is 28.1 Å². The van der Waals surface area contributed by atoms with Crippen molar-refractivity contribution in [3.05, 3.63) is 22.7 Å². The maximum absolute atomic E-state index is 5.26. The number of hydrogen-bond donors (Lipinski definition) is 0. The molecule has 2 aliphatic carbocycles. The van der Waals surface area contributed by atoms with E-state index in [9.17, 15) is 0 Å². The van der Waals surface area contributed by atoms with E-state index in [-0.39, 0.29) is 0 Å². The average molecular weight is 229 g/mol. The van der Waals surface area contributed by atoms with Crippen molar-refractivity contribution in [2.45, 2.75) is 12.8 Å². The van der Waals surface area contributed by atoms with Crippen LogP contribution in [-0.4, -0.2) is 4.86 Å². The predicted octanol–water partition coefficient (Wildman–Crippen LogP) is 3.23. The standard InChI is InChI=1S/C9H9BrS/c10-7-3-4-8(6-1-2-6)9(11)5-7/h3-6,8H,1-2H2. The van der Waals surface area contributed by atoms with Crippen molar-refractivity contribution in [2.24, 2.45) is 11.8 Å². The number of hydrogen-bond acceptors (Lipinski definition) is 1. The van der Waals surface area contributed by atoms with Gasteiger partial charge in [0, 0.05) is 15.3 Å². The summed E-state index contributed by atoms with van der Waals surface area (Å²) in [6.45, 7) is 0. The molecule has 1 saturated carbocycles. The Balaban J connectivity index is 2.15. The van der Waals surface area contributed by atoms with E-state index in [0.29, 0.717) is 5.92 Å². The average Bonchev–Trinajstić information content (AvgIpc) is 2.70. The van der Waals surface area contributed by atoms with Crippen molar-refractivity contribution in [3.63, 3.8) is 0 Å². The minimum atomic E-state index is 0.561. The van der Waals surface area contributed by atoms with Gasteiger partial charge in [-0.3, -0.25) is 0 Å². The zero-order valence-electron chi connectivity index (χ0n) is 6.09. The zero-order valence-corrected chi connectivity index (χ0v) is 8.49. The zero-order chi connectivity index (χ0) is 7.84. The molecule has 0 heterocycles. The van der Waals surface area contributed by atoms with Crippen molar-refractivity contribution in [3.8, 4) is 0 Å². The van der Waals surface area contributed by atoms with Gasteiger partial charge in [0.15, 0.2) is 0 Å². The van der Waals surface area contributed by atoms with Crippen molar-refractivity contribution in [1.82, 2.24) is 0 Å². The third-order valence-electron chi connectivity index (χ3n) is 2.20. The van der Waals surface area contributed by atoms with Gasteiger partial charge in [-0.15, -0.1) is 0 Å². The highest BCUT2D eigenvalue weighted by Gasteiger charge is 2.32. The van der Waals surface area contributed by atoms with Gasteiger partial charge < -0.3 is 0 Å². The molecule has 0 radical (unpaired) electrons. The molecule has 0 bridgehead atoms. The van der Waals surface area contributed by atoms with Crippen molar-refractivity contribution in [1.29, 1.82) is 0 Å². The molecule has 2 aliphatic rings. The fraction of sp³-hybridized carbons (Fsp3) is 0.444. The predicted molar refractivity (Wildman–Crippen MR) is 55.0 cm³/mol. The molecule has 0 amide bonds. The molecule has 1 fully saturated rings. The van der Waals surface area contributed by atoms with E-state index in [0.717, 1.165) is 15.3 Å². The maximum atomic E-state index is 5.26. The molecule has 0 aromatic rings. The lowest BCUT2D eigenvalue weighted by Gasteiger charge is -2.13. The molecule has 0 N–H and O–H groups in total. The minimum Gasteiger partial charge on any atom is -0.0842 e. The Bertz CT molecular complexity index is 248. The molecule has 58 valence electrons. The third kappa shape index (κ3) is 1.62. The lowest BCUT2D eigenvalue weighted by molar-refractivity contribution is 0.741. The fourth-order valence-electron chi connectivity index (χ4n) is 1.42. The Labute approximate surface area is 80.5 Å². The minimum absolute atomic E-state index is 0.561. The second kappa shape index (κ2) is 2.83. The van der Waals surface area contributed by atoms with Crippen LogP contribution in [-0.2, 0) is 0 Å². The van der Waals surface area contributed by atoms with Gasteiger partial charge in [-0.25, -0.2) is 0 Å². The molecule has 0 aliphatic heterocycles. The summed E-state index contributed by atoms with van der Waals surface area (Å²) in [5.74, 6) is 1.42. The van der Waals surface area contributed by atoms with Crippen LogP contribution in [0.3, 0.4) is 0 Å². The van der Waals surface area contributed by atoms with E-state index in [1.165, 1.54) is 12.8 Å². The van der Waals surface area contributed by atoms with Crippen LogP contribution in [0.15, 0.2) is 22.7 Å². The fourth-order valence-corrected chi connectivity index (χ4v) is 2.36. The highest BCUT2D eigenvalue weighted by atomic mass is 79.9. The quantitative estimate of drug-likeness (QED) is 0.622. The van der Waals surface area contributed by atoms with E-state index >= 15 is 0 Å². The van der Waals surface area contributed by atoms with Gasteiger partial charge >= 0.3 is 0 Å². The van der Waals surface area contributed by atoms with Gasteiger partial charge in [-0.05, 0) is 24.8 Å². The molecular weight excluding hydrogens is 220 g/mol. The van der Waals surface area contributed by atoms with Crippen LogP contribution in [0.5, 0.6) is 0 Å². The Hall–Kier alpha value is 0.0500. The van der Waals surface area contributed by atoms with E-state index < -0.39 is 0 Å². The molecule has 2 heteroatoms. The summed E-state index contributed by atoms with van der Waals surface area (Å²) >= 11 is 8.68. The monoisotopic (exact) mass is 228 g/mol. The Morgan fingerprint density at radius 2 is 2.18 bits per heavy atom. The highest BCUT2D eigenvalue weighted by Crippen LogP contribution is 2.40. The first kappa shape index (κ1) is 7.69. The summed E-state index contributed by atoms with van der Waals surface area (Å²) in [5.41, 5.74) is 0. The smallest absolute Gasteiger partial charge is 0.0234 e. The normalized spacial score (nSPS) is 30.5. The Morgan fingerprint density at radius 3 is 2.73 bits per heavy atom.